The summed E-state index contributed by atoms with van der Waals surface area (Å²) in [5.74, 6) is 2.38. The van der Waals surface area contributed by atoms with Crippen molar-refractivity contribution >= 4 is 17.2 Å². The largest absolute Gasteiger partial charge is 0.493 e. The Morgan fingerprint density at radius 2 is 1.88 bits per heavy atom. The molecule has 1 fully saturated rings. The second-order valence-corrected chi connectivity index (χ2v) is 8.10. The predicted octanol–water partition coefficient (Wildman–Crippen LogP) is 4.65. The van der Waals surface area contributed by atoms with Crippen LogP contribution >= 0.6 is 0 Å². The maximum atomic E-state index is 11.5. The molecular formula is C26H30N2O5. The number of aryl methyl sites for hydroxylation is 1. The van der Waals surface area contributed by atoms with Crippen molar-refractivity contribution in [2.75, 3.05) is 46.6 Å². The zero-order chi connectivity index (χ0) is 23.0. The molecule has 0 amide bonds. The third-order valence-corrected chi connectivity index (χ3v) is 5.73. The third kappa shape index (κ3) is 5.80. The molecule has 1 aromatic heterocycles. The molecule has 0 unspecified atom stereocenters. The summed E-state index contributed by atoms with van der Waals surface area (Å²) < 4.78 is 23.1. The molecule has 0 N–H and O–H groups in total. The second-order valence-electron chi connectivity index (χ2n) is 8.10. The predicted molar refractivity (Wildman–Crippen MR) is 127 cm³/mol. The molecule has 0 radical (unpaired) electrons. The molecule has 1 saturated heterocycles. The molecule has 7 heteroatoms. The Labute approximate surface area is 194 Å². The number of carbonyl (C=O) groups is 1. The molecule has 0 bridgehead atoms. The van der Waals surface area contributed by atoms with Gasteiger partial charge in [0.15, 0.2) is 17.8 Å². The molecule has 2 aromatic carbocycles. The lowest BCUT2D eigenvalue weighted by atomic mass is 10.1. The number of rotatable bonds is 10. The number of aromatic nitrogens is 1. The highest BCUT2D eigenvalue weighted by Gasteiger charge is 2.14. The summed E-state index contributed by atoms with van der Waals surface area (Å²) in [4.78, 5) is 18.4. The lowest BCUT2D eigenvalue weighted by molar-refractivity contribution is 0.0368. The molecule has 0 saturated carbocycles. The summed E-state index contributed by atoms with van der Waals surface area (Å²) in [5.41, 5.74) is 2.23. The minimum absolute atomic E-state index is 0.502. The molecule has 2 heterocycles. The van der Waals surface area contributed by atoms with E-state index >= 15 is 0 Å². The standard InChI is InChI=1S/C26H30N2O5/c1-19-5-6-23(20(15-19)18-29)33-24-7-8-27-22-17-26(25(30-2)16-21(22)24)32-12-4-3-9-28-10-13-31-14-11-28/h5-8,15-18H,3-4,9-14H2,1-2H3. The molecule has 174 valence electrons. The Morgan fingerprint density at radius 1 is 1.03 bits per heavy atom. The number of pyridine rings is 1. The summed E-state index contributed by atoms with van der Waals surface area (Å²) in [6, 6.07) is 11.0. The fraction of sp³-hybridized carbons (Fsp3) is 0.385. The lowest BCUT2D eigenvalue weighted by Crippen LogP contribution is -2.36. The topological polar surface area (TPSA) is 70.1 Å². The van der Waals surface area contributed by atoms with Crippen molar-refractivity contribution in [2.45, 2.75) is 19.8 Å². The van der Waals surface area contributed by atoms with E-state index in [1.807, 2.05) is 25.1 Å². The van der Waals surface area contributed by atoms with Gasteiger partial charge in [-0.3, -0.25) is 14.7 Å². The molecule has 0 atom stereocenters. The van der Waals surface area contributed by atoms with E-state index in [1.54, 1.807) is 31.5 Å². The summed E-state index contributed by atoms with van der Waals surface area (Å²) in [7, 11) is 1.62. The number of methoxy groups -OCH3 is 1. The first kappa shape index (κ1) is 23.0. The Bertz CT molecular complexity index is 1100. The van der Waals surface area contributed by atoms with Crippen molar-refractivity contribution in [3.05, 3.63) is 53.7 Å². The summed E-state index contributed by atoms with van der Waals surface area (Å²) in [5, 5.41) is 0.784. The van der Waals surface area contributed by atoms with Gasteiger partial charge in [0.25, 0.3) is 0 Å². The van der Waals surface area contributed by atoms with Gasteiger partial charge in [0.1, 0.15) is 11.5 Å². The number of hydrogen-bond donors (Lipinski definition) is 0. The van der Waals surface area contributed by atoms with E-state index in [-0.39, 0.29) is 0 Å². The Balaban J connectivity index is 1.46. The van der Waals surface area contributed by atoms with E-state index < -0.39 is 0 Å². The maximum absolute atomic E-state index is 11.5. The van der Waals surface area contributed by atoms with Gasteiger partial charge in [-0.25, -0.2) is 0 Å². The zero-order valence-corrected chi connectivity index (χ0v) is 19.2. The van der Waals surface area contributed by atoms with Crippen molar-refractivity contribution < 1.29 is 23.7 Å². The number of fused-ring (bicyclic) bond motifs is 1. The minimum Gasteiger partial charge on any atom is -0.493 e. The van der Waals surface area contributed by atoms with E-state index in [0.717, 1.165) is 68.4 Å². The van der Waals surface area contributed by atoms with E-state index in [4.69, 9.17) is 18.9 Å². The average molecular weight is 451 g/mol. The van der Waals surface area contributed by atoms with Crippen LogP contribution < -0.4 is 14.2 Å². The molecule has 1 aliphatic heterocycles. The average Bonchev–Trinajstić information content (AvgIpc) is 2.85. The molecule has 0 aliphatic carbocycles. The fourth-order valence-corrected chi connectivity index (χ4v) is 3.91. The summed E-state index contributed by atoms with van der Waals surface area (Å²) in [6.07, 6.45) is 4.51. The minimum atomic E-state index is 0.502. The van der Waals surface area contributed by atoms with Gasteiger partial charge in [-0.1, -0.05) is 11.6 Å². The fourth-order valence-electron chi connectivity index (χ4n) is 3.91. The van der Waals surface area contributed by atoms with Crippen LogP contribution in [0.5, 0.6) is 23.0 Å². The Kier molecular flexibility index (Phi) is 7.75. The van der Waals surface area contributed by atoms with Crippen molar-refractivity contribution in [2.24, 2.45) is 0 Å². The summed E-state index contributed by atoms with van der Waals surface area (Å²) in [6.45, 7) is 7.26. The number of carbonyl (C=O) groups excluding carboxylic acids is 1. The highest BCUT2D eigenvalue weighted by Crippen LogP contribution is 2.37. The van der Waals surface area contributed by atoms with E-state index in [1.165, 1.54) is 0 Å². The number of unbranched alkanes of at least 4 members (excludes halogenated alkanes) is 1. The van der Waals surface area contributed by atoms with Crippen LogP contribution in [-0.2, 0) is 4.74 Å². The summed E-state index contributed by atoms with van der Waals surface area (Å²) >= 11 is 0. The van der Waals surface area contributed by atoms with Crippen LogP contribution in [0.15, 0.2) is 42.6 Å². The quantitative estimate of drug-likeness (QED) is 0.329. The van der Waals surface area contributed by atoms with Gasteiger partial charge in [-0.2, -0.15) is 0 Å². The number of nitrogens with zero attached hydrogens (tertiary/aromatic N) is 2. The highest BCUT2D eigenvalue weighted by molar-refractivity contribution is 5.89. The number of aldehydes is 1. The van der Waals surface area contributed by atoms with E-state index in [2.05, 4.69) is 9.88 Å². The normalized spacial score (nSPS) is 14.2. The smallest absolute Gasteiger partial charge is 0.163 e. The van der Waals surface area contributed by atoms with Crippen LogP contribution in [0.1, 0.15) is 28.8 Å². The Morgan fingerprint density at radius 3 is 2.67 bits per heavy atom. The molecule has 0 spiro atoms. The molecular weight excluding hydrogens is 420 g/mol. The second kappa shape index (κ2) is 11.1. The van der Waals surface area contributed by atoms with Crippen LogP contribution in [-0.4, -0.2) is 62.7 Å². The van der Waals surface area contributed by atoms with E-state index in [0.29, 0.717) is 35.2 Å². The van der Waals surface area contributed by atoms with Gasteiger partial charge in [-0.05, 0) is 50.6 Å². The van der Waals surface area contributed by atoms with Crippen LogP contribution in [0.4, 0.5) is 0 Å². The number of morpholine rings is 1. The van der Waals surface area contributed by atoms with E-state index in [9.17, 15) is 4.79 Å². The van der Waals surface area contributed by atoms with Crippen molar-refractivity contribution in [1.29, 1.82) is 0 Å². The SMILES string of the molecule is COc1cc2c(Oc3ccc(C)cc3C=O)ccnc2cc1OCCCCN1CCOCC1. The van der Waals surface area contributed by atoms with Crippen molar-refractivity contribution in [1.82, 2.24) is 9.88 Å². The monoisotopic (exact) mass is 450 g/mol. The lowest BCUT2D eigenvalue weighted by Gasteiger charge is -2.26. The van der Waals surface area contributed by atoms with Crippen LogP contribution in [0.2, 0.25) is 0 Å². The zero-order valence-electron chi connectivity index (χ0n) is 19.2. The van der Waals surface area contributed by atoms with Gasteiger partial charge in [0, 0.05) is 30.7 Å². The highest BCUT2D eigenvalue weighted by atomic mass is 16.5. The molecule has 4 rings (SSSR count). The number of ether oxygens (including phenoxy) is 4. The third-order valence-electron chi connectivity index (χ3n) is 5.73. The van der Waals surface area contributed by atoms with Gasteiger partial charge < -0.3 is 18.9 Å². The van der Waals surface area contributed by atoms with Crippen molar-refractivity contribution in [3.63, 3.8) is 0 Å². The van der Waals surface area contributed by atoms with Crippen LogP contribution in [0.3, 0.4) is 0 Å². The first-order chi connectivity index (χ1) is 16.2. The number of benzene rings is 2. The molecule has 7 nitrogen and oxygen atoms in total. The van der Waals surface area contributed by atoms with Crippen molar-refractivity contribution in [3.8, 4) is 23.0 Å². The van der Waals surface area contributed by atoms with Crippen LogP contribution in [0.25, 0.3) is 10.9 Å². The van der Waals surface area contributed by atoms with Gasteiger partial charge in [0.05, 0.1) is 38.0 Å². The Hall–Kier alpha value is -3.16. The first-order valence-electron chi connectivity index (χ1n) is 11.3. The van der Waals surface area contributed by atoms with Crippen LogP contribution in [0, 0.1) is 6.92 Å². The molecule has 1 aliphatic rings. The molecule has 3 aromatic rings. The maximum Gasteiger partial charge on any atom is 0.163 e. The number of hydrogen-bond acceptors (Lipinski definition) is 7. The molecule has 33 heavy (non-hydrogen) atoms. The van der Waals surface area contributed by atoms with Gasteiger partial charge >= 0.3 is 0 Å². The van der Waals surface area contributed by atoms with Gasteiger partial charge in [-0.15, -0.1) is 0 Å². The first-order valence-corrected chi connectivity index (χ1v) is 11.3. The van der Waals surface area contributed by atoms with Gasteiger partial charge in [0.2, 0.25) is 0 Å².